The molecule has 1 rings (SSSR count). The van der Waals surface area contributed by atoms with E-state index in [2.05, 4.69) is 16.9 Å². The topological polar surface area (TPSA) is 28.7 Å². The number of imidazole rings is 1. The van der Waals surface area contributed by atoms with Gasteiger partial charge >= 0.3 is 0 Å². The Hall–Kier alpha value is -0.310. The van der Waals surface area contributed by atoms with Crippen LogP contribution in [0, 0.1) is 0 Å². The minimum Gasteiger partial charge on any atom is -0.349 e. The van der Waals surface area contributed by atoms with Crippen LogP contribution in [0.25, 0.3) is 0 Å². The summed E-state index contributed by atoms with van der Waals surface area (Å²) < 4.78 is 0. The van der Waals surface area contributed by atoms with E-state index in [4.69, 9.17) is 0 Å². The van der Waals surface area contributed by atoms with Crippen LogP contribution in [0.2, 0.25) is 0 Å². The number of rotatable bonds is 3. The molecule has 0 atom stereocenters. The summed E-state index contributed by atoms with van der Waals surface area (Å²) in [6, 6.07) is 0. The van der Waals surface area contributed by atoms with Crippen LogP contribution in [0.15, 0.2) is 12.4 Å². The lowest BCUT2D eigenvalue weighted by molar-refractivity contribution is 0.762. The molecule has 0 unspecified atom stereocenters. The molecule has 58 valence electrons. The van der Waals surface area contributed by atoms with Gasteiger partial charge in [0, 0.05) is 18.8 Å². The summed E-state index contributed by atoms with van der Waals surface area (Å²) in [5.74, 6) is 1.11. The van der Waals surface area contributed by atoms with E-state index in [1.165, 1.54) is 12.8 Å². The highest BCUT2D eigenvalue weighted by Gasteiger charge is 1.90. The average molecular weight is 205 g/mol. The lowest BCUT2D eigenvalue weighted by atomic mass is 10.2. The Morgan fingerprint density at radius 3 is 2.90 bits per heavy atom. The number of aromatic amines is 1. The molecule has 1 heterocycles. The zero-order valence-corrected chi connectivity index (χ0v) is 7.84. The maximum atomic E-state index is 4.10. The highest BCUT2D eigenvalue weighted by atomic mass is 79.9. The first kappa shape index (κ1) is 9.69. The highest BCUT2D eigenvalue weighted by molar-refractivity contribution is 8.93. The van der Waals surface area contributed by atoms with E-state index >= 15 is 0 Å². The smallest absolute Gasteiger partial charge is 0.105 e. The number of halogens is 1. The molecule has 0 radical (unpaired) electrons. The summed E-state index contributed by atoms with van der Waals surface area (Å²) in [5.41, 5.74) is 0. The lowest BCUT2D eigenvalue weighted by Crippen LogP contribution is -1.85. The largest absolute Gasteiger partial charge is 0.349 e. The number of H-pyrrole nitrogens is 1. The molecule has 0 fully saturated rings. The van der Waals surface area contributed by atoms with Crippen LogP contribution in [0.3, 0.4) is 0 Å². The SMILES string of the molecule is Br.CCCCc1ncc[nH]1. The number of unbranched alkanes of at least 4 members (excludes halogenated alkanes) is 1. The molecule has 0 saturated heterocycles. The molecule has 0 spiro atoms. The van der Waals surface area contributed by atoms with Crippen LogP contribution >= 0.6 is 17.0 Å². The van der Waals surface area contributed by atoms with Crippen molar-refractivity contribution in [3.8, 4) is 0 Å². The van der Waals surface area contributed by atoms with E-state index in [9.17, 15) is 0 Å². The standard InChI is InChI=1S/C7H12N2.BrH/c1-2-3-4-7-8-5-6-9-7;/h5-6H,2-4H2,1H3,(H,8,9);1H. The van der Waals surface area contributed by atoms with Crippen molar-refractivity contribution in [3.05, 3.63) is 18.2 Å². The molecule has 0 saturated carbocycles. The molecule has 1 aromatic heterocycles. The summed E-state index contributed by atoms with van der Waals surface area (Å²) in [6.07, 6.45) is 7.22. The van der Waals surface area contributed by atoms with E-state index in [1.807, 2.05) is 6.20 Å². The molecule has 1 N–H and O–H groups in total. The van der Waals surface area contributed by atoms with Gasteiger partial charge in [0.2, 0.25) is 0 Å². The van der Waals surface area contributed by atoms with Crippen LogP contribution < -0.4 is 0 Å². The van der Waals surface area contributed by atoms with Gasteiger partial charge < -0.3 is 4.98 Å². The van der Waals surface area contributed by atoms with Crippen molar-refractivity contribution in [2.75, 3.05) is 0 Å². The van der Waals surface area contributed by atoms with Crippen LogP contribution in [0.1, 0.15) is 25.6 Å². The predicted molar refractivity (Wildman–Crippen MR) is 47.5 cm³/mol. The van der Waals surface area contributed by atoms with Crippen molar-refractivity contribution in [2.24, 2.45) is 0 Å². The fourth-order valence-electron chi connectivity index (χ4n) is 0.779. The van der Waals surface area contributed by atoms with Gasteiger partial charge in [-0.2, -0.15) is 0 Å². The van der Waals surface area contributed by atoms with Gasteiger partial charge in [0.25, 0.3) is 0 Å². The van der Waals surface area contributed by atoms with E-state index in [0.717, 1.165) is 12.2 Å². The molecule has 1 aromatic rings. The third-order valence-electron chi connectivity index (χ3n) is 1.32. The molecule has 0 aliphatic carbocycles. The summed E-state index contributed by atoms with van der Waals surface area (Å²) in [5, 5.41) is 0. The Labute approximate surface area is 71.8 Å². The highest BCUT2D eigenvalue weighted by Crippen LogP contribution is 1.96. The van der Waals surface area contributed by atoms with E-state index in [1.54, 1.807) is 6.20 Å². The van der Waals surface area contributed by atoms with Gasteiger partial charge in [0.05, 0.1) is 0 Å². The van der Waals surface area contributed by atoms with Crippen molar-refractivity contribution >= 4 is 17.0 Å². The number of aromatic nitrogens is 2. The zero-order valence-electron chi connectivity index (χ0n) is 6.13. The summed E-state index contributed by atoms with van der Waals surface area (Å²) in [4.78, 5) is 7.16. The van der Waals surface area contributed by atoms with Gasteiger partial charge in [0.1, 0.15) is 5.82 Å². The number of hydrogen-bond acceptors (Lipinski definition) is 1. The first-order valence-electron chi connectivity index (χ1n) is 3.41. The second kappa shape index (κ2) is 5.47. The Morgan fingerprint density at radius 2 is 2.40 bits per heavy atom. The van der Waals surface area contributed by atoms with Crippen LogP contribution in [-0.4, -0.2) is 9.97 Å². The lowest BCUT2D eigenvalue weighted by Gasteiger charge is -1.90. The summed E-state index contributed by atoms with van der Waals surface area (Å²) in [7, 11) is 0. The van der Waals surface area contributed by atoms with E-state index in [0.29, 0.717) is 0 Å². The van der Waals surface area contributed by atoms with Gasteiger partial charge in [-0.05, 0) is 6.42 Å². The molecule has 0 aliphatic heterocycles. The van der Waals surface area contributed by atoms with Crippen molar-refractivity contribution in [1.29, 1.82) is 0 Å². The number of hydrogen-bond donors (Lipinski definition) is 1. The van der Waals surface area contributed by atoms with Gasteiger partial charge in [-0.15, -0.1) is 17.0 Å². The molecular formula is C7H13BrN2. The molecule has 0 bridgehead atoms. The molecule has 0 aliphatic rings. The van der Waals surface area contributed by atoms with Crippen LogP contribution in [0.5, 0.6) is 0 Å². The predicted octanol–water partition coefficient (Wildman–Crippen LogP) is 2.33. The van der Waals surface area contributed by atoms with Crippen molar-refractivity contribution in [1.82, 2.24) is 9.97 Å². The number of nitrogens with one attached hydrogen (secondary N) is 1. The van der Waals surface area contributed by atoms with E-state index < -0.39 is 0 Å². The Balaban J connectivity index is 0.000000810. The maximum Gasteiger partial charge on any atom is 0.105 e. The molecule has 10 heavy (non-hydrogen) atoms. The third-order valence-corrected chi connectivity index (χ3v) is 1.32. The van der Waals surface area contributed by atoms with Gasteiger partial charge in [-0.3, -0.25) is 0 Å². The molecule has 0 aromatic carbocycles. The summed E-state index contributed by atoms with van der Waals surface area (Å²) in [6.45, 7) is 2.18. The van der Waals surface area contributed by atoms with Crippen LogP contribution in [-0.2, 0) is 6.42 Å². The Kier molecular flexibility index (Phi) is 5.30. The quantitative estimate of drug-likeness (QED) is 0.805. The average Bonchev–Trinajstić information content (AvgIpc) is 2.34. The first-order chi connectivity index (χ1) is 4.43. The van der Waals surface area contributed by atoms with Gasteiger partial charge in [-0.1, -0.05) is 13.3 Å². The molecule has 3 heteroatoms. The van der Waals surface area contributed by atoms with Crippen molar-refractivity contribution in [3.63, 3.8) is 0 Å². The minimum absolute atomic E-state index is 0. The normalized spacial score (nSPS) is 8.90. The molecular weight excluding hydrogens is 192 g/mol. The maximum absolute atomic E-state index is 4.10. The number of nitrogens with zero attached hydrogens (tertiary/aromatic N) is 1. The third kappa shape index (κ3) is 3.01. The van der Waals surface area contributed by atoms with Crippen molar-refractivity contribution in [2.45, 2.75) is 26.2 Å². The van der Waals surface area contributed by atoms with Crippen LogP contribution in [0.4, 0.5) is 0 Å². The number of aryl methyl sites for hydroxylation is 1. The zero-order chi connectivity index (χ0) is 6.53. The fourth-order valence-corrected chi connectivity index (χ4v) is 0.779. The summed E-state index contributed by atoms with van der Waals surface area (Å²) >= 11 is 0. The Bertz CT molecular complexity index is 149. The second-order valence-corrected chi connectivity index (χ2v) is 2.14. The molecule has 2 nitrogen and oxygen atoms in total. The Morgan fingerprint density at radius 1 is 1.60 bits per heavy atom. The van der Waals surface area contributed by atoms with Crippen molar-refractivity contribution < 1.29 is 0 Å². The second-order valence-electron chi connectivity index (χ2n) is 2.14. The minimum atomic E-state index is 0. The first-order valence-corrected chi connectivity index (χ1v) is 3.41. The monoisotopic (exact) mass is 204 g/mol. The van der Waals surface area contributed by atoms with Gasteiger partial charge in [-0.25, -0.2) is 4.98 Å². The molecule has 0 amide bonds. The van der Waals surface area contributed by atoms with E-state index in [-0.39, 0.29) is 17.0 Å². The van der Waals surface area contributed by atoms with Gasteiger partial charge in [0.15, 0.2) is 0 Å². The fraction of sp³-hybridized carbons (Fsp3) is 0.571.